The molecule has 1 saturated heterocycles. The second-order valence-corrected chi connectivity index (χ2v) is 10.4. The normalized spacial score (nSPS) is 14.5. The molecule has 5 heteroatoms. The standard InChI is InChI=1S/C31H38N2O3/c1-5-35-29-16-11-25(21-26(29)23-36-28-14-12-27(13-15-28)31(2,3)4)30(34)33-19-17-32(18-20-33)22-24-9-7-6-8-10-24/h6-16,21H,5,17-20,22-23H2,1-4H3. The molecule has 0 unspecified atom stereocenters. The van der Waals surface area contributed by atoms with Crippen molar-refractivity contribution in [2.45, 2.75) is 46.3 Å². The summed E-state index contributed by atoms with van der Waals surface area (Å²) in [4.78, 5) is 17.7. The quantitative estimate of drug-likeness (QED) is 0.396. The fraction of sp³-hybridized carbons (Fsp3) is 0.387. The highest BCUT2D eigenvalue weighted by atomic mass is 16.5. The Morgan fingerprint density at radius 1 is 0.861 bits per heavy atom. The van der Waals surface area contributed by atoms with Crippen molar-refractivity contribution in [1.82, 2.24) is 9.80 Å². The monoisotopic (exact) mass is 486 g/mol. The Labute approximate surface area is 215 Å². The van der Waals surface area contributed by atoms with E-state index in [0.717, 1.165) is 49.8 Å². The van der Waals surface area contributed by atoms with Gasteiger partial charge in [-0.25, -0.2) is 0 Å². The number of hydrogen-bond donors (Lipinski definition) is 0. The molecule has 0 saturated carbocycles. The van der Waals surface area contributed by atoms with Gasteiger partial charge in [-0.05, 0) is 53.8 Å². The fourth-order valence-electron chi connectivity index (χ4n) is 4.47. The maximum Gasteiger partial charge on any atom is 0.253 e. The van der Waals surface area contributed by atoms with Gasteiger partial charge in [-0.3, -0.25) is 9.69 Å². The molecule has 0 aromatic heterocycles. The molecule has 5 nitrogen and oxygen atoms in total. The molecule has 0 bridgehead atoms. The van der Waals surface area contributed by atoms with E-state index in [2.05, 4.69) is 62.1 Å². The van der Waals surface area contributed by atoms with Gasteiger partial charge >= 0.3 is 0 Å². The highest BCUT2D eigenvalue weighted by molar-refractivity contribution is 5.94. The molecule has 1 heterocycles. The molecule has 0 aliphatic carbocycles. The number of rotatable bonds is 8. The number of amides is 1. The molecule has 0 N–H and O–H groups in total. The lowest BCUT2D eigenvalue weighted by molar-refractivity contribution is 0.0628. The average molecular weight is 487 g/mol. The third-order valence-corrected chi connectivity index (χ3v) is 6.63. The van der Waals surface area contributed by atoms with Gasteiger partial charge in [0.15, 0.2) is 0 Å². The molecule has 190 valence electrons. The maximum atomic E-state index is 13.3. The molecule has 1 aliphatic rings. The Morgan fingerprint density at radius 2 is 1.56 bits per heavy atom. The van der Waals surface area contributed by atoms with Crippen molar-refractivity contribution >= 4 is 5.91 Å². The highest BCUT2D eigenvalue weighted by Crippen LogP contribution is 2.27. The third-order valence-electron chi connectivity index (χ3n) is 6.63. The molecule has 0 atom stereocenters. The number of carbonyl (C=O) groups is 1. The molecule has 0 radical (unpaired) electrons. The van der Waals surface area contributed by atoms with Crippen molar-refractivity contribution < 1.29 is 14.3 Å². The van der Waals surface area contributed by atoms with Crippen LogP contribution in [0.1, 0.15) is 54.7 Å². The van der Waals surface area contributed by atoms with Crippen LogP contribution in [0.2, 0.25) is 0 Å². The van der Waals surface area contributed by atoms with Gasteiger partial charge in [0.25, 0.3) is 5.91 Å². The minimum absolute atomic E-state index is 0.0631. The summed E-state index contributed by atoms with van der Waals surface area (Å²) >= 11 is 0. The lowest BCUT2D eigenvalue weighted by Crippen LogP contribution is -2.48. The van der Waals surface area contributed by atoms with Gasteiger partial charge in [0.05, 0.1) is 6.61 Å². The summed E-state index contributed by atoms with van der Waals surface area (Å²) in [6.07, 6.45) is 0. The van der Waals surface area contributed by atoms with Crippen LogP contribution in [0.5, 0.6) is 11.5 Å². The molecule has 1 amide bonds. The number of benzene rings is 3. The number of piperazine rings is 1. The van der Waals surface area contributed by atoms with Gasteiger partial charge in [-0.1, -0.05) is 63.2 Å². The van der Waals surface area contributed by atoms with Crippen molar-refractivity contribution in [3.8, 4) is 11.5 Å². The van der Waals surface area contributed by atoms with Crippen molar-refractivity contribution in [2.24, 2.45) is 0 Å². The van der Waals surface area contributed by atoms with Crippen LogP contribution in [0.3, 0.4) is 0 Å². The van der Waals surface area contributed by atoms with Gasteiger partial charge in [0.2, 0.25) is 0 Å². The maximum absolute atomic E-state index is 13.3. The molecule has 4 rings (SSSR count). The molecule has 0 spiro atoms. The van der Waals surface area contributed by atoms with Crippen molar-refractivity contribution in [3.05, 3.63) is 95.1 Å². The van der Waals surface area contributed by atoms with Gasteiger partial charge in [-0.2, -0.15) is 0 Å². The number of hydrogen-bond acceptors (Lipinski definition) is 4. The summed E-state index contributed by atoms with van der Waals surface area (Å²) in [5, 5.41) is 0. The first kappa shape index (κ1) is 25.8. The van der Waals surface area contributed by atoms with E-state index < -0.39 is 0 Å². The second-order valence-electron chi connectivity index (χ2n) is 10.4. The minimum Gasteiger partial charge on any atom is -0.493 e. The summed E-state index contributed by atoms with van der Waals surface area (Å²) in [5.74, 6) is 1.62. The zero-order valence-corrected chi connectivity index (χ0v) is 22.0. The van der Waals surface area contributed by atoms with Crippen LogP contribution in [0.25, 0.3) is 0 Å². The lowest BCUT2D eigenvalue weighted by Gasteiger charge is -2.35. The zero-order valence-electron chi connectivity index (χ0n) is 22.0. The van der Waals surface area contributed by atoms with Crippen LogP contribution in [-0.2, 0) is 18.6 Å². The molecular formula is C31H38N2O3. The molecule has 1 aliphatic heterocycles. The summed E-state index contributed by atoms with van der Waals surface area (Å²) < 4.78 is 11.9. The summed E-state index contributed by atoms with van der Waals surface area (Å²) in [6.45, 7) is 13.6. The van der Waals surface area contributed by atoms with E-state index >= 15 is 0 Å². The van der Waals surface area contributed by atoms with Crippen molar-refractivity contribution in [2.75, 3.05) is 32.8 Å². The second kappa shape index (κ2) is 11.6. The average Bonchev–Trinajstić information content (AvgIpc) is 2.88. The van der Waals surface area contributed by atoms with Crippen molar-refractivity contribution in [1.29, 1.82) is 0 Å². The topological polar surface area (TPSA) is 42.0 Å². The Hall–Kier alpha value is -3.31. The SMILES string of the molecule is CCOc1ccc(C(=O)N2CCN(Cc3ccccc3)CC2)cc1COc1ccc(C(C)(C)C)cc1. The third kappa shape index (κ3) is 6.67. The highest BCUT2D eigenvalue weighted by Gasteiger charge is 2.23. The first-order chi connectivity index (χ1) is 17.3. The number of carbonyl (C=O) groups excluding carboxylic acids is 1. The molecule has 36 heavy (non-hydrogen) atoms. The van der Waals surface area contributed by atoms with Gasteiger partial charge in [0.1, 0.15) is 18.1 Å². The van der Waals surface area contributed by atoms with Crippen LogP contribution in [0.4, 0.5) is 0 Å². The van der Waals surface area contributed by atoms with E-state index in [1.807, 2.05) is 48.2 Å². The first-order valence-corrected chi connectivity index (χ1v) is 12.9. The first-order valence-electron chi connectivity index (χ1n) is 12.9. The predicted molar refractivity (Wildman–Crippen MR) is 145 cm³/mol. The Morgan fingerprint density at radius 3 is 2.19 bits per heavy atom. The summed E-state index contributed by atoms with van der Waals surface area (Å²) in [7, 11) is 0. The van der Waals surface area contributed by atoms with E-state index in [1.165, 1.54) is 11.1 Å². The molecular weight excluding hydrogens is 448 g/mol. The van der Waals surface area contributed by atoms with Crippen LogP contribution in [0.15, 0.2) is 72.8 Å². The lowest BCUT2D eigenvalue weighted by atomic mass is 9.87. The Balaban J connectivity index is 1.39. The Bertz CT molecular complexity index is 1130. The summed E-state index contributed by atoms with van der Waals surface area (Å²) in [5.41, 5.74) is 4.23. The van der Waals surface area contributed by atoms with Crippen LogP contribution >= 0.6 is 0 Å². The number of ether oxygens (including phenoxy) is 2. The van der Waals surface area contributed by atoms with E-state index in [9.17, 15) is 4.79 Å². The van der Waals surface area contributed by atoms with E-state index in [0.29, 0.717) is 18.8 Å². The van der Waals surface area contributed by atoms with E-state index in [1.54, 1.807) is 0 Å². The van der Waals surface area contributed by atoms with Crippen molar-refractivity contribution in [3.63, 3.8) is 0 Å². The zero-order chi connectivity index (χ0) is 25.5. The molecule has 3 aromatic carbocycles. The van der Waals surface area contributed by atoms with Gasteiger partial charge in [0, 0.05) is 43.9 Å². The summed E-state index contributed by atoms with van der Waals surface area (Å²) in [6, 6.07) is 24.4. The van der Waals surface area contributed by atoms with Crippen LogP contribution < -0.4 is 9.47 Å². The van der Waals surface area contributed by atoms with Crippen LogP contribution in [-0.4, -0.2) is 48.5 Å². The Kier molecular flexibility index (Phi) is 8.32. The molecule has 1 fully saturated rings. The predicted octanol–water partition coefficient (Wildman–Crippen LogP) is 5.92. The fourth-order valence-corrected chi connectivity index (χ4v) is 4.47. The van der Waals surface area contributed by atoms with E-state index in [4.69, 9.17) is 9.47 Å². The molecule has 3 aromatic rings. The largest absolute Gasteiger partial charge is 0.493 e. The smallest absolute Gasteiger partial charge is 0.253 e. The van der Waals surface area contributed by atoms with E-state index in [-0.39, 0.29) is 11.3 Å². The van der Waals surface area contributed by atoms with Gasteiger partial charge < -0.3 is 14.4 Å². The number of nitrogens with zero attached hydrogens (tertiary/aromatic N) is 2. The minimum atomic E-state index is 0.0631. The van der Waals surface area contributed by atoms with Gasteiger partial charge in [-0.15, -0.1) is 0 Å². The van der Waals surface area contributed by atoms with Crippen LogP contribution in [0, 0.1) is 0 Å².